The van der Waals surface area contributed by atoms with Crippen LogP contribution < -0.4 is 5.32 Å². The molecule has 1 heterocycles. The molecular formula is C12H13N3O3. The highest BCUT2D eigenvalue weighted by Crippen LogP contribution is 2.13. The van der Waals surface area contributed by atoms with E-state index in [0.717, 1.165) is 0 Å². The van der Waals surface area contributed by atoms with Gasteiger partial charge in [0.2, 0.25) is 5.96 Å². The van der Waals surface area contributed by atoms with Crippen LogP contribution in [-0.2, 0) is 4.79 Å². The Morgan fingerprint density at radius 2 is 2.33 bits per heavy atom. The molecule has 0 fully saturated rings. The molecule has 0 radical (unpaired) electrons. The maximum atomic E-state index is 11.5. The molecule has 0 aliphatic carbocycles. The molecule has 1 aromatic rings. The summed E-state index contributed by atoms with van der Waals surface area (Å²) in [4.78, 5) is 27.9. The first-order valence-electron chi connectivity index (χ1n) is 5.57. The lowest BCUT2D eigenvalue weighted by molar-refractivity contribution is -0.124. The van der Waals surface area contributed by atoms with Gasteiger partial charge in [0.1, 0.15) is 6.54 Å². The smallest absolute Gasteiger partial charge is 0.335 e. The molecule has 0 bridgehead atoms. The number of aliphatic imine (C=N–C) groups is 1. The molecule has 1 aliphatic heterocycles. The maximum absolute atomic E-state index is 11.5. The van der Waals surface area contributed by atoms with Crippen molar-refractivity contribution in [2.75, 3.05) is 18.4 Å². The van der Waals surface area contributed by atoms with Gasteiger partial charge in [0.15, 0.2) is 0 Å². The van der Waals surface area contributed by atoms with Crippen LogP contribution in [0, 0.1) is 0 Å². The largest absolute Gasteiger partial charge is 0.478 e. The SMILES string of the molecule is CCN1C(=O)CN=C1Nc1cccc(C(=O)O)c1. The first kappa shape index (κ1) is 12.1. The standard InChI is InChI=1S/C12H13N3O3/c1-2-15-10(16)7-13-12(15)14-9-5-3-4-8(6-9)11(17)18/h3-6H,2,7H2,1H3,(H,13,14)(H,17,18). The molecule has 1 amide bonds. The zero-order chi connectivity index (χ0) is 13.1. The minimum Gasteiger partial charge on any atom is -0.478 e. The number of anilines is 1. The summed E-state index contributed by atoms with van der Waals surface area (Å²) in [6.45, 7) is 2.52. The van der Waals surface area contributed by atoms with E-state index < -0.39 is 5.97 Å². The summed E-state index contributed by atoms with van der Waals surface area (Å²) < 4.78 is 0. The van der Waals surface area contributed by atoms with E-state index in [1.54, 1.807) is 12.1 Å². The number of rotatable bonds is 3. The fraction of sp³-hybridized carbons (Fsp3) is 0.250. The first-order valence-corrected chi connectivity index (χ1v) is 5.57. The minimum atomic E-state index is -0.990. The van der Waals surface area contributed by atoms with Crippen LogP contribution in [0.5, 0.6) is 0 Å². The van der Waals surface area contributed by atoms with E-state index in [0.29, 0.717) is 18.2 Å². The number of amides is 1. The Morgan fingerprint density at radius 1 is 1.56 bits per heavy atom. The predicted molar refractivity (Wildman–Crippen MR) is 66.7 cm³/mol. The van der Waals surface area contributed by atoms with Gasteiger partial charge < -0.3 is 10.4 Å². The second kappa shape index (κ2) is 4.87. The highest BCUT2D eigenvalue weighted by molar-refractivity contribution is 6.09. The van der Waals surface area contributed by atoms with E-state index in [4.69, 9.17) is 5.11 Å². The Hall–Kier alpha value is -2.37. The van der Waals surface area contributed by atoms with Crippen molar-refractivity contribution in [3.05, 3.63) is 29.8 Å². The number of nitrogens with zero attached hydrogens (tertiary/aromatic N) is 2. The van der Waals surface area contributed by atoms with Gasteiger partial charge in [0.05, 0.1) is 5.56 Å². The molecular weight excluding hydrogens is 234 g/mol. The third-order valence-corrected chi connectivity index (χ3v) is 2.60. The van der Waals surface area contributed by atoms with Gasteiger partial charge in [-0.1, -0.05) is 6.07 Å². The van der Waals surface area contributed by atoms with Crippen LogP contribution in [0.25, 0.3) is 0 Å². The zero-order valence-corrected chi connectivity index (χ0v) is 9.88. The van der Waals surface area contributed by atoms with Crippen LogP contribution >= 0.6 is 0 Å². The lowest BCUT2D eigenvalue weighted by Gasteiger charge is -2.17. The van der Waals surface area contributed by atoms with Crippen molar-refractivity contribution in [2.45, 2.75) is 6.92 Å². The molecule has 1 aliphatic rings. The monoisotopic (exact) mass is 247 g/mol. The number of carbonyl (C=O) groups is 2. The van der Waals surface area contributed by atoms with E-state index >= 15 is 0 Å². The molecule has 0 unspecified atom stereocenters. The summed E-state index contributed by atoms with van der Waals surface area (Å²) in [5.74, 6) is -0.588. The summed E-state index contributed by atoms with van der Waals surface area (Å²) in [6, 6.07) is 6.37. The summed E-state index contributed by atoms with van der Waals surface area (Å²) in [6.07, 6.45) is 0. The molecule has 0 saturated heterocycles. The Kier molecular flexibility index (Phi) is 3.27. The summed E-state index contributed by atoms with van der Waals surface area (Å²) in [5, 5.41) is 11.8. The summed E-state index contributed by atoms with van der Waals surface area (Å²) >= 11 is 0. The van der Waals surface area contributed by atoms with Crippen molar-refractivity contribution < 1.29 is 14.7 Å². The molecule has 6 heteroatoms. The van der Waals surface area contributed by atoms with Crippen molar-refractivity contribution >= 4 is 23.5 Å². The number of hydrogen-bond acceptors (Lipinski definition) is 4. The van der Waals surface area contributed by atoms with Crippen LogP contribution in [0.1, 0.15) is 17.3 Å². The molecule has 94 valence electrons. The predicted octanol–water partition coefficient (Wildman–Crippen LogP) is 1.01. The van der Waals surface area contributed by atoms with Crippen LogP contribution in [0.4, 0.5) is 5.69 Å². The molecule has 0 saturated carbocycles. The number of benzene rings is 1. The fourth-order valence-electron chi connectivity index (χ4n) is 1.72. The van der Waals surface area contributed by atoms with Crippen molar-refractivity contribution in [3.8, 4) is 0 Å². The van der Waals surface area contributed by atoms with Crippen LogP contribution in [0.15, 0.2) is 29.3 Å². The number of guanidine groups is 1. The molecule has 0 aromatic heterocycles. The second-order valence-corrected chi connectivity index (χ2v) is 3.79. The normalized spacial score (nSPS) is 14.6. The zero-order valence-electron chi connectivity index (χ0n) is 9.88. The van der Waals surface area contributed by atoms with Crippen molar-refractivity contribution in [2.24, 2.45) is 4.99 Å². The first-order chi connectivity index (χ1) is 8.61. The Labute approximate surface area is 104 Å². The highest BCUT2D eigenvalue weighted by Gasteiger charge is 2.23. The van der Waals surface area contributed by atoms with Gasteiger partial charge in [-0.2, -0.15) is 0 Å². The lowest BCUT2D eigenvalue weighted by atomic mass is 10.2. The third kappa shape index (κ3) is 2.32. The topological polar surface area (TPSA) is 82.0 Å². The minimum absolute atomic E-state index is 0.0608. The van der Waals surface area contributed by atoms with E-state index in [-0.39, 0.29) is 18.0 Å². The maximum Gasteiger partial charge on any atom is 0.335 e. The molecule has 18 heavy (non-hydrogen) atoms. The van der Waals surface area contributed by atoms with Gasteiger partial charge >= 0.3 is 5.97 Å². The molecule has 1 aromatic carbocycles. The number of carboxylic acids is 1. The van der Waals surface area contributed by atoms with E-state index in [1.165, 1.54) is 17.0 Å². The van der Waals surface area contributed by atoms with Gasteiger partial charge in [0.25, 0.3) is 5.91 Å². The number of nitrogens with one attached hydrogen (secondary N) is 1. The van der Waals surface area contributed by atoms with Crippen molar-refractivity contribution in [3.63, 3.8) is 0 Å². The molecule has 6 nitrogen and oxygen atoms in total. The Balaban J connectivity index is 2.17. The van der Waals surface area contributed by atoms with Crippen LogP contribution in [-0.4, -0.2) is 40.9 Å². The van der Waals surface area contributed by atoms with Crippen molar-refractivity contribution in [1.82, 2.24) is 4.90 Å². The molecule has 2 rings (SSSR count). The third-order valence-electron chi connectivity index (χ3n) is 2.60. The fourth-order valence-corrected chi connectivity index (χ4v) is 1.72. The number of carboxylic acid groups (broad SMARTS) is 1. The van der Waals surface area contributed by atoms with Gasteiger partial charge in [-0.15, -0.1) is 0 Å². The average Bonchev–Trinajstić information content (AvgIpc) is 2.70. The summed E-state index contributed by atoms with van der Waals surface area (Å²) in [7, 11) is 0. The molecule has 0 spiro atoms. The number of hydrogen-bond donors (Lipinski definition) is 2. The van der Waals surface area contributed by atoms with Crippen LogP contribution in [0.3, 0.4) is 0 Å². The Bertz CT molecular complexity index is 525. The Morgan fingerprint density at radius 3 is 3.00 bits per heavy atom. The second-order valence-electron chi connectivity index (χ2n) is 3.79. The van der Waals surface area contributed by atoms with Gasteiger partial charge in [-0.25, -0.2) is 9.79 Å². The number of aromatic carboxylic acids is 1. The van der Waals surface area contributed by atoms with E-state index in [1.807, 2.05) is 6.92 Å². The van der Waals surface area contributed by atoms with Gasteiger partial charge in [-0.3, -0.25) is 9.69 Å². The molecule has 2 N–H and O–H groups in total. The highest BCUT2D eigenvalue weighted by atomic mass is 16.4. The number of carbonyl (C=O) groups excluding carboxylic acids is 1. The summed E-state index contributed by atoms with van der Waals surface area (Å²) in [5.41, 5.74) is 0.787. The van der Waals surface area contributed by atoms with E-state index in [2.05, 4.69) is 10.3 Å². The van der Waals surface area contributed by atoms with Crippen molar-refractivity contribution in [1.29, 1.82) is 0 Å². The average molecular weight is 247 g/mol. The quantitative estimate of drug-likeness (QED) is 0.835. The van der Waals surface area contributed by atoms with E-state index in [9.17, 15) is 9.59 Å². The number of likely N-dealkylation sites (N-methyl/N-ethyl adjacent to an activating group) is 1. The molecule has 0 atom stereocenters. The van der Waals surface area contributed by atoms with Gasteiger partial charge in [-0.05, 0) is 25.1 Å². The lowest BCUT2D eigenvalue weighted by Crippen LogP contribution is -2.36. The van der Waals surface area contributed by atoms with Crippen LogP contribution in [0.2, 0.25) is 0 Å². The van der Waals surface area contributed by atoms with Gasteiger partial charge in [0, 0.05) is 12.2 Å².